The lowest BCUT2D eigenvalue weighted by atomic mass is 10.1. The number of hydrogen-bond donors (Lipinski definition) is 1. The summed E-state index contributed by atoms with van der Waals surface area (Å²) in [6.45, 7) is 1.52. The maximum atomic E-state index is 11.6. The molecule has 4 rings (SSSR count). The molecule has 3 aliphatic rings. The number of ether oxygens (including phenoxy) is 2. The third-order valence-electron chi connectivity index (χ3n) is 4.95. The van der Waals surface area contributed by atoms with Gasteiger partial charge in [0.2, 0.25) is 6.79 Å². The molecular formula is C18H26IN3O4S. The van der Waals surface area contributed by atoms with E-state index >= 15 is 0 Å². The maximum absolute atomic E-state index is 11.6. The molecule has 9 heteroatoms. The lowest BCUT2D eigenvalue weighted by Crippen LogP contribution is -2.40. The number of rotatable bonds is 5. The van der Waals surface area contributed by atoms with Crippen molar-refractivity contribution < 1.29 is 17.9 Å². The molecule has 1 aliphatic carbocycles. The van der Waals surface area contributed by atoms with Crippen LogP contribution in [0.1, 0.15) is 24.8 Å². The summed E-state index contributed by atoms with van der Waals surface area (Å²) in [5, 5.41) is 3.48. The highest BCUT2D eigenvalue weighted by Gasteiger charge is 2.28. The Morgan fingerprint density at radius 3 is 2.74 bits per heavy atom. The van der Waals surface area contributed by atoms with Crippen LogP contribution < -0.4 is 14.8 Å². The van der Waals surface area contributed by atoms with Crippen LogP contribution in [0.4, 0.5) is 0 Å². The zero-order valence-electron chi connectivity index (χ0n) is 15.4. The molecule has 7 nitrogen and oxygen atoms in total. The largest absolute Gasteiger partial charge is 0.454 e. The second-order valence-corrected chi connectivity index (χ2v) is 9.62. The molecule has 1 N–H and O–H groups in total. The van der Waals surface area contributed by atoms with E-state index in [2.05, 4.69) is 10.2 Å². The van der Waals surface area contributed by atoms with Crippen LogP contribution in [0.5, 0.6) is 11.5 Å². The number of benzene rings is 1. The first-order valence-electron chi connectivity index (χ1n) is 9.09. The lowest BCUT2D eigenvalue weighted by molar-refractivity contribution is 0.174. The van der Waals surface area contributed by atoms with Crippen molar-refractivity contribution in [1.82, 2.24) is 10.2 Å². The number of hydrogen-bond acceptors (Lipinski definition) is 5. The van der Waals surface area contributed by atoms with Crippen molar-refractivity contribution in [3.63, 3.8) is 0 Å². The van der Waals surface area contributed by atoms with E-state index in [0.29, 0.717) is 31.3 Å². The van der Waals surface area contributed by atoms with Gasteiger partial charge in [0, 0.05) is 26.2 Å². The molecule has 1 saturated heterocycles. The number of halogens is 1. The lowest BCUT2D eigenvalue weighted by Gasteiger charge is -2.23. The topological polar surface area (TPSA) is 80.2 Å². The second-order valence-electron chi connectivity index (χ2n) is 7.40. The summed E-state index contributed by atoms with van der Waals surface area (Å²) in [4.78, 5) is 6.81. The van der Waals surface area contributed by atoms with Crippen molar-refractivity contribution in [2.45, 2.75) is 31.8 Å². The summed E-state index contributed by atoms with van der Waals surface area (Å²) in [5.41, 5.74) is 1.12. The Morgan fingerprint density at radius 2 is 2.04 bits per heavy atom. The van der Waals surface area contributed by atoms with E-state index < -0.39 is 9.84 Å². The average molecular weight is 507 g/mol. The van der Waals surface area contributed by atoms with Crippen LogP contribution in [0.3, 0.4) is 0 Å². The molecule has 2 aliphatic heterocycles. The van der Waals surface area contributed by atoms with Crippen molar-refractivity contribution in [1.29, 1.82) is 0 Å². The number of nitrogens with zero attached hydrogens (tertiary/aromatic N) is 2. The summed E-state index contributed by atoms with van der Waals surface area (Å²) in [6, 6.07) is 6.44. The van der Waals surface area contributed by atoms with Crippen LogP contribution >= 0.6 is 24.0 Å². The SMILES string of the molecule is CN(Cc1ccc2c(c1)OCO2)C(=NCC1CCS(=O)(=O)C1)NC1CC1.I. The van der Waals surface area contributed by atoms with Gasteiger partial charge in [-0.25, -0.2) is 8.42 Å². The minimum Gasteiger partial charge on any atom is -0.454 e. The Labute approximate surface area is 177 Å². The smallest absolute Gasteiger partial charge is 0.231 e. The summed E-state index contributed by atoms with van der Waals surface area (Å²) < 4.78 is 34.1. The molecule has 150 valence electrons. The minimum atomic E-state index is -2.86. The average Bonchev–Trinajstić information content (AvgIpc) is 3.17. The van der Waals surface area contributed by atoms with Gasteiger partial charge in [-0.2, -0.15) is 0 Å². The summed E-state index contributed by atoms with van der Waals surface area (Å²) >= 11 is 0. The fraction of sp³-hybridized carbons (Fsp3) is 0.611. The number of aliphatic imine (C=N–C) groups is 1. The van der Waals surface area contributed by atoms with E-state index in [9.17, 15) is 8.42 Å². The minimum absolute atomic E-state index is 0. The molecular weight excluding hydrogens is 481 g/mol. The Morgan fingerprint density at radius 1 is 1.26 bits per heavy atom. The fourth-order valence-electron chi connectivity index (χ4n) is 3.31. The Kier molecular flexibility index (Phi) is 6.39. The first-order valence-corrected chi connectivity index (χ1v) is 10.9. The molecule has 1 saturated carbocycles. The molecule has 0 bridgehead atoms. The normalized spacial score (nSPS) is 23.0. The maximum Gasteiger partial charge on any atom is 0.231 e. The van der Waals surface area contributed by atoms with E-state index in [-0.39, 0.29) is 42.4 Å². The van der Waals surface area contributed by atoms with Gasteiger partial charge < -0.3 is 19.7 Å². The summed E-state index contributed by atoms with van der Waals surface area (Å²) in [5.74, 6) is 3.10. The molecule has 0 amide bonds. The van der Waals surface area contributed by atoms with Gasteiger partial charge in [-0.1, -0.05) is 6.07 Å². The first-order chi connectivity index (χ1) is 12.5. The van der Waals surface area contributed by atoms with Crippen molar-refractivity contribution in [2.75, 3.05) is 31.9 Å². The van der Waals surface area contributed by atoms with Gasteiger partial charge in [0.1, 0.15) is 0 Å². The van der Waals surface area contributed by atoms with Crippen LogP contribution in [0, 0.1) is 5.92 Å². The second kappa shape index (κ2) is 8.42. The molecule has 1 unspecified atom stereocenters. The van der Waals surface area contributed by atoms with E-state index in [1.165, 1.54) is 0 Å². The molecule has 0 radical (unpaired) electrons. The van der Waals surface area contributed by atoms with Gasteiger partial charge in [-0.05, 0) is 42.9 Å². The quantitative estimate of drug-likeness (QED) is 0.373. The highest BCUT2D eigenvalue weighted by Crippen LogP contribution is 2.32. The molecule has 1 aromatic rings. The Bertz CT molecular complexity index is 811. The van der Waals surface area contributed by atoms with Crippen molar-refractivity contribution in [2.24, 2.45) is 10.9 Å². The highest BCUT2D eigenvalue weighted by atomic mass is 127. The molecule has 0 aromatic heterocycles. The van der Waals surface area contributed by atoms with E-state index in [1.807, 2.05) is 25.2 Å². The van der Waals surface area contributed by atoms with Gasteiger partial charge in [-0.15, -0.1) is 24.0 Å². The summed E-state index contributed by atoms with van der Waals surface area (Å²) in [7, 11) is -0.854. The van der Waals surface area contributed by atoms with Crippen LogP contribution in [-0.2, 0) is 16.4 Å². The zero-order valence-corrected chi connectivity index (χ0v) is 18.5. The molecule has 27 heavy (non-hydrogen) atoms. The van der Waals surface area contributed by atoms with E-state index in [1.54, 1.807) is 0 Å². The van der Waals surface area contributed by atoms with E-state index in [4.69, 9.17) is 14.5 Å². The molecule has 2 fully saturated rings. The predicted octanol–water partition coefficient (Wildman–Crippen LogP) is 2.01. The van der Waals surface area contributed by atoms with Gasteiger partial charge in [0.25, 0.3) is 0 Å². The van der Waals surface area contributed by atoms with Crippen LogP contribution in [0.25, 0.3) is 0 Å². The molecule has 1 atom stereocenters. The van der Waals surface area contributed by atoms with Gasteiger partial charge in [0.05, 0.1) is 11.5 Å². The fourth-order valence-corrected chi connectivity index (χ4v) is 5.16. The van der Waals surface area contributed by atoms with Gasteiger partial charge in [0.15, 0.2) is 27.3 Å². The number of nitrogens with one attached hydrogen (secondary N) is 1. The van der Waals surface area contributed by atoms with Crippen LogP contribution in [0.2, 0.25) is 0 Å². The highest BCUT2D eigenvalue weighted by molar-refractivity contribution is 14.0. The van der Waals surface area contributed by atoms with Gasteiger partial charge in [-0.3, -0.25) is 4.99 Å². The number of fused-ring (bicyclic) bond motifs is 1. The Hall–Kier alpha value is -1.23. The number of guanidine groups is 1. The third kappa shape index (κ3) is 5.40. The molecule has 0 spiro atoms. The van der Waals surface area contributed by atoms with Crippen LogP contribution in [0.15, 0.2) is 23.2 Å². The third-order valence-corrected chi connectivity index (χ3v) is 6.79. The monoisotopic (exact) mass is 507 g/mol. The van der Waals surface area contributed by atoms with Crippen LogP contribution in [-0.4, -0.2) is 57.2 Å². The first kappa shape index (κ1) is 20.5. The molecule has 1 aromatic carbocycles. The van der Waals surface area contributed by atoms with Crippen molar-refractivity contribution >= 4 is 39.8 Å². The Balaban J connectivity index is 0.00000210. The number of sulfone groups is 1. The van der Waals surface area contributed by atoms with Crippen molar-refractivity contribution in [3.05, 3.63) is 23.8 Å². The molecule has 2 heterocycles. The standard InChI is InChI=1S/C18H25N3O4S.HI/c1-21(10-13-2-5-16-17(8-13)25-12-24-16)18(20-15-3-4-15)19-9-14-6-7-26(22,23)11-14;/h2,5,8,14-15H,3-4,6-7,9-12H2,1H3,(H,19,20);1H. The van der Waals surface area contributed by atoms with Gasteiger partial charge >= 0.3 is 0 Å². The summed E-state index contributed by atoms with van der Waals surface area (Å²) in [6.07, 6.45) is 3.04. The van der Waals surface area contributed by atoms with Crippen molar-refractivity contribution in [3.8, 4) is 11.5 Å². The predicted molar refractivity (Wildman–Crippen MR) is 115 cm³/mol. The van der Waals surface area contributed by atoms with E-state index in [0.717, 1.165) is 35.9 Å². The zero-order chi connectivity index (χ0) is 18.1.